The van der Waals surface area contributed by atoms with Crippen molar-refractivity contribution in [2.75, 3.05) is 0 Å². The van der Waals surface area contributed by atoms with Gasteiger partial charge in [-0.1, -0.05) is 25.6 Å². The SMILES string of the molecule is C.C1=COc2ccccc2C1.[Fe]. The maximum atomic E-state index is 5.24. The number of benzene rings is 1. The first-order valence-electron chi connectivity index (χ1n) is 3.36. The number of ether oxygens (including phenoxy) is 1. The Morgan fingerprint density at radius 3 is 2.67 bits per heavy atom. The Balaban J connectivity index is 0.000000605. The monoisotopic (exact) mass is 204 g/mol. The Hall–Kier alpha value is -0.721. The third kappa shape index (κ3) is 2.13. The standard InChI is InChI=1S/C9H8O.CH4.Fe/c1-2-6-9-8(4-1)5-3-7-10-9;;/h1-4,6-7H,5H2;1H4;. The Labute approximate surface area is 83.9 Å². The van der Waals surface area contributed by atoms with E-state index in [1.807, 2.05) is 24.3 Å². The molecule has 1 aromatic rings. The van der Waals surface area contributed by atoms with E-state index >= 15 is 0 Å². The van der Waals surface area contributed by atoms with Crippen LogP contribution in [-0.4, -0.2) is 0 Å². The van der Waals surface area contributed by atoms with Gasteiger partial charge in [0.2, 0.25) is 0 Å². The zero-order valence-electron chi connectivity index (χ0n) is 5.93. The van der Waals surface area contributed by atoms with Gasteiger partial charge in [0.1, 0.15) is 5.75 Å². The second-order valence-corrected chi connectivity index (χ2v) is 2.30. The minimum atomic E-state index is 0. The molecule has 1 aliphatic heterocycles. The molecule has 1 heterocycles. The summed E-state index contributed by atoms with van der Waals surface area (Å²) in [7, 11) is 0. The van der Waals surface area contributed by atoms with Crippen molar-refractivity contribution < 1.29 is 21.8 Å². The average Bonchev–Trinajstić information content (AvgIpc) is 2.05. The summed E-state index contributed by atoms with van der Waals surface area (Å²) in [5.74, 6) is 0.991. The zero-order chi connectivity index (χ0) is 6.81. The van der Waals surface area contributed by atoms with Crippen LogP contribution in [0.3, 0.4) is 0 Å². The van der Waals surface area contributed by atoms with Crippen LogP contribution in [0.5, 0.6) is 5.75 Å². The van der Waals surface area contributed by atoms with Crippen molar-refractivity contribution in [2.24, 2.45) is 0 Å². The molecule has 1 nitrogen and oxygen atoms in total. The van der Waals surface area contributed by atoms with E-state index in [2.05, 4.69) is 6.07 Å². The molecule has 0 saturated heterocycles. The van der Waals surface area contributed by atoms with Gasteiger partial charge in [-0.05, 0) is 24.1 Å². The summed E-state index contributed by atoms with van der Waals surface area (Å²) >= 11 is 0. The summed E-state index contributed by atoms with van der Waals surface area (Å²) in [5.41, 5.74) is 1.27. The fraction of sp³-hybridized carbons (Fsp3) is 0.200. The van der Waals surface area contributed by atoms with Crippen LogP contribution in [0.25, 0.3) is 0 Å². The molecule has 66 valence electrons. The summed E-state index contributed by atoms with van der Waals surface area (Å²) in [4.78, 5) is 0. The molecule has 12 heavy (non-hydrogen) atoms. The first kappa shape index (κ1) is 11.3. The van der Waals surface area contributed by atoms with Crippen LogP contribution in [-0.2, 0) is 23.5 Å². The van der Waals surface area contributed by atoms with Crippen LogP contribution in [0.15, 0.2) is 36.6 Å². The fourth-order valence-electron chi connectivity index (χ4n) is 1.08. The minimum Gasteiger partial charge on any atom is -0.465 e. The van der Waals surface area contributed by atoms with E-state index in [1.54, 1.807) is 6.26 Å². The van der Waals surface area contributed by atoms with Crippen molar-refractivity contribution in [1.29, 1.82) is 0 Å². The van der Waals surface area contributed by atoms with Gasteiger partial charge in [-0.2, -0.15) is 0 Å². The Kier molecular flexibility index (Phi) is 4.72. The van der Waals surface area contributed by atoms with Gasteiger partial charge in [0.15, 0.2) is 0 Å². The second-order valence-electron chi connectivity index (χ2n) is 2.30. The van der Waals surface area contributed by atoms with E-state index in [0.29, 0.717) is 0 Å². The minimum absolute atomic E-state index is 0. The summed E-state index contributed by atoms with van der Waals surface area (Å²) < 4.78 is 5.24. The molecule has 0 saturated carbocycles. The number of fused-ring (bicyclic) bond motifs is 1. The van der Waals surface area contributed by atoms with E-state index in [0.717, 1.165) is 12.2 Å². The Bertz CT molecular complexity index is 241. The van der Waals surface area contributed by atoms with E-state index in [4.69, 9.17) is 4.74 Å². The molecular formula is C10H12FeO. The smallest absolute Gasteiger partial charge is 0.130 e. The van der Waals surface area contributed by atoms with Crippen LogP contribution < -0.4 is 4.74 Å². The molecule has 0 unspecified atom stereocenters. The third-order valence-corrected chi connectivity index (χ3v) is 1.60. The molecule has 1 aliphatic rings. The Morgan fingerprint density at radius 2 is 1.92 bits per heavy atom. The largest absolute Gasteiger partial charge is 0.465 e. The average molecular weight is 204 g/mol. The predicted octanol–water partition coefficient (Wildman–Crippen LogP) is 2.77. The maximum Gasteiger partial charge on any atom is 0.130 e. The van der Waals surface area contributed by atoms with Crippen LogP contribution in [0.1, 0.15) is 13.0 Å². The molecule has 0 fully saturated rings. The van der Waals surface area contributed by atoms with Crippen LogP contribution in [0.2, 0.25) is 0 Å². The van der Waals surface area contributed by atoms with Gasteiger partial charge in [0, 0.05) is 17.1 Å². The number of para-hydroxylation sites is 1. The first-order valence-corrected chi connectivity index (χ1v) is 3.36. The second kappa shape index (κ2) is 5.02. The van der Waals surface area contributed by atoms with Gasteiger partial charge in [-0.15, -0.1) is 0 Å². The normalized spacial score (nSPS) is 11.7. The number of allylic oxidation sites excluding steroid dienone is 1. The molecule has 2 heteroatoms. The molecule has 0 radical (unpaired) electrons. The maximum absolute atomic E-state index is 5.24. The van der Waals surface area contributed by atoms with Crippen molar-refractivity contribution in [3.8, 4) is 5.75 Å². The van der Waals surface area contributed by atoms with E-state index < -0.39 is 0 Å². The molecule has 2 rings (SSSR count). The molecule has 0 N–H and O–H groups in total. The van der Waals surface area contributed by atoms with Crippen molar-refractivity contribution >= 4 is 0 Å². The van der Waals surface area contributed by atoms with E-state index in [-0.39, 0.29) is 24.5 Å². The topological polar surface area (TPSA) is 9.23 Å². The van der Waals surface area contributed by atoms with Crippen LogP contribution in [0.4, 0.5) is 0 Å². The molecule has 0 amide bonds. The number of rotatable bonds is 0. The van der Waals surface area contributed by atoms with Gasteiger partial charge in [0.05, 0.1) is 6.26 Å². The molecule has 0 atom stereocenters. The van der Waals surface area contributed by atoms with Gasteiger partial charge >= 0.3 is 0 Å². The van der Waals surface area contributed by atoms with Crippen molar-refractivity contribution in [3.63, 3.8) is 0 Å². The molecule has 0 bridgehead atoms. The Morgan fingerprint density at radius 1 is 1.17 bits per heavy atom. The third-order valence-electron chi connectivity index (χ3n) is 1.60. The van der Waals surface area contributed by atoms with Crippen molar-refractivity contribution in [1.82, 2.24) is 0 Å². The van der Waals surface area contributed by atoms with Crippen molar-refractivity contribution in [2.45, 2.75) is 13.8 Å². The van der Waals surface area contributed by atoms with Gasteiger partial charge in [-0.3, -0.25) is 0 Å². The molecular weight excluding hydrogens is 192 g/mol. The molecule has 0 aliphatic carbocycles. The first-order chi connectivity index (χ1) is 4.97. The van der Waals surface area contributed by atoms with Gasteiger partial charge in [0.25, 0.3) is 0 Å². The van der Waals surface area contributed by atoms with Crippen LogP contribution >= 0.6 is 0 Å². The predicted molar refractivity (Wildman–Crippen MR) is 46.6 cm³/mol. The number of hydrogen-bond donors (Lipinski definition) is 0. The van der Waals surface area contributed by atoms with Gasteiger partial charge < -0.3 is 4.74 Å². The quantitative estimate of drug-likeness (QED) is 0.590. The van der Waals surface area contributed by atoms with Crippen molar-refractivity contribution in [3.05, 3.63) is 42.2 Å². The summed E-state index contributed by atoms with van der Waals surface area (Å²) in [6.45, 7) is 0. The summed E-state index contributed by atoms with van der Waals surface area (Å²) in [6.07, 6.45) is 4.75. The van der Waals surface area contributed by atoms with E-state index in [9.17, 15) is 0 Å². The number of hydrogen-bond acceptors (Lipinski definition) is 1. The zero-order valence-corrected chi connectivity index (χ0v) is 7.04. The molecule has 0 aromatic heterocycles. The summed E-state index contributed by atoms with van der Waals surface area (Å²) in [5, 5.41) is 0. The fourth-order valence-corrected chi connectivity index (χ4v) is 1.08. The van der Waals surface area contributed by atoms with Gasteiger partial charge in [-0.25, -0.2) is 0 Å². The summed E-state index contributed by atoms with van der Waals surface area (Å²) in [6, 6.07) is 8.08. The van der Waals surface area contributed by atoms with E-state index in [1.165, 1.54) is 5.56 Å². The molecule has 0 spiro atoms. The van der Waals surface area contributed by atoms with Crippen LogP contribution in [0, 0.1) is 0 Å². The molecule has 1 aromatic carbocycles.